The van der Waals surface area contributed by atoms with Crippen molar-refractivity contribution in [1.82, 2.24) is 5.32 Å². The Kier molecular flexibility index (Phi) is 4.75. The van der Waals surface area contributed by atoms with E-state index in [0.29, 0.717) is 23.7 Å². The third-order valence-electron chi connectivity index (χ3n) is 2.60. The molecule has 0 atom stereocenters. The minimum atomic E-state index is -0.276. The molecule has 0 unspecified atom stereocenters. The summed E-state index contributed by atoms with van der Waals surface area (Å²) in [5.41, 5.74) is 1.76. The Morgan fingerprint density at radius 2 is 1.78 bits per heavy atom. The molecule has 2 rings (SSSR count). The minimum Gasteiger partial charge on any atom is -0.308 e. The second-order valence-corrected chi connectivity index (χ2v) is 5.22. The van der Waals surface area contributed by atoms with Crippen molar-refractivity contribution in [1.29, 1.82) is 0 Å². The molecule has 2 aromatic carbocycles. The summed E-state index contributed by atoms with van der Waals surface area (Å²) >= 11 is 9.18. The second kappa shape index (κ2) is 6.32. The quantitative estimate of drug-likeness (QED) is 0.869. The lowest BCUT2D eigenvalue weighted by molar-refractivity contribution is 0.588. The summed E-state index contributed by atoms with van der Waals surface area (Å²) in [6.45, 7) is 1.16. The average molecular weight is 329 g/mol. The standard InChI is InChI=1S/C14H12BrClFN/c15-13-4-2-1-3-10(13)8-18-9-11-5-6-12(16)7-14(11)17/h1-7,18H,8-9H2. The fourth-order valence-electron chi connectivity index (χ4n) is 1.64. The normalized spacial score (nSPS) is 10.6. The third-order valence-corrected chi connectivity index (χ3v) is 3.61. The van der Waals surface area contributed by atoms with Gasteiger partial charge in [0.1, 0.15) is 5.82 Å². The van der Waals surface area contributed by atoms with E-state index in [-0.39, 0.29) is 5.82 Å². The SMILES string of the molecule is Fc1cc(Cl)ccc1CNCc1ccccc1Br. The Hall–Kier alpha value is -0.900. The number of halogens is 3. The van der Waals surface area contributed by atoms with Crippen LogP contribution in [0, 0.1) is 5.82 Å². The van der Waals surface area contributed by atoms with E-state index in [1.54, 1.807) is 12.1 Å². The highest BCUT2D eigenvalue weighted by Crippen LogP contribution is 2.17. The molecule has 0 saturated carbocycles. The zero-order chi connectivity index (χ0) is 13.0. The molecule has 2 aromatic rings. The van der Waals surface area contributed by atoms with Gasteiger partial charge >= 0.3 is 0 Å². The summed E-state index contributed by atoms with van der Waals surface area (Å²) in [5, 5.41) is 3.62. The van der Waals surface area contributed by atoms with E-state index in [1.165, 1.54) is 6.07 Å². The molecule has 1 nitrogen and oxygen atoms in total. The van der Waals surface area contributed by atoms with Crippen LogP contribution >= 0.6 is 27.5 Å². The molecule has 0 aromatic heterocycles. The fraction of sp³-hybridized carbons (Fsp3) is 0.143. The first-order chi connectivity index (χ1) is 8.66. The smallest absolute Gasteiger partial charge is 0.129 e. The van der Waals surface area contributed by atoms with Gasteiger partial charge in [-0.25, -0.2) is 4.39 Å². The van der Waals surface area contributed by atoms with Crippen molar-refractivity contribution in [2.45, 2.75) is 13.1 Å². The van der Waals surface area contributed by atoms with Crippen molar-refractivity contribution in [3.8, 4) is 0 Å². The highest BCUT2D eigenvalue weighted by Gasteiger charge is 2.03. The largest absolute Gasteiger partial charge is 0.308 e. The van der Waals surface area contributed by atoms with Crippen molar-refractivity contribution in [2.75, 3.05) is 0 Å². The van der Waals surface area contributed by atoms with Crippen LogP contribution in [0.1, 0.15) is 11.1 Å². The summed E-state index contributed by atoms with van der Waals surface area (Å²) in [7, 11) is 0. The lowest BCUT2D eigenvalue weighted by Crippen LogP contribution is -2.14. The van der Waals surface area contributed by atoms with Crippen molar-refractivity contribution < 1.29 is 4.39 Å². The van der Waals surface area contributed by atoms with Crippen LogP contribution in [-0.2, 0) is 13.1 Å². The molecule has 0 fully saturated rings. The summed E-state index contributed by atoms with van der Waals surface area (Å²) < 4.78 is 14.6. The zero-order valence-electron chi connectivity index (χ0n) is 9.59. The molecule has 18 heavy (non-hydrogen) atoms. The molecule has 0 bridgehead atoms. The Morgan fingerprint density at radius 3 is 2.50 bits per heavy atom. The molecule has 0 aliphatic carbocycles. The van der Waals surface area contributed by atoms with Gasteiger partial charge in [0.25, 0.3) is 0 Å². The fourth-order valence-corrected chi connectivity index (χ4v) is 2.22. The third kappa shape index (κ3) is 3.55. The maximum Gasteiger partial charge on any atom is 0.129 e. The molecular formula is C14H12BrClFN. The van der Waals surface area contributed by atoms with Crippen LogP contribution in [0.3, 0.4) is 0 Å². The predicted molar refractivity (Wildman–Crippen MR) is 76.1 cm³/mol. The molecule has 1 N–H and O–H groups in total. The molecule has 0 spiro atoms. The average Bonchev–Trinajstić information content (AvgIpc) is 2.34. The van der Waals surface area contributed by atoms with Gasteiger partial charge in [-0.1, -0.05) is 51.8 Å². The Morgan fingerprint density at radius 1 is 1.06 bits per heavy atom. The predicted octanol–water partition coefficient (Wildman–Crippen LogP) is 4.53. The van der Waals surface area contributed by atoms with Gasteiger partial charge in [-0.2, -0.15) is 0 Å². The van der Waals surface area contributed by atoms with E-state index in [1.807, 2.05) is 24.3 Å². The number of nitrogens with one attached hydrogen (secondary N) is 1. The molecule has 4 heteroatoms. The maximum atomic E-state index is 13.5. The lowest BCUT2D eigenvalue weighted by atomic mass is 10.2. The van der Waals surface area contributed by atoms with Crippen LogP contribution < -0.4 is 5.32 Å². The van der Waals surface area contributed by atoms with Crippen LogP contribution in [0.2, 0.25) is 5.02 Å². The van der Waals surface area contributed by atoms with E-state index < -0.39 is 0 Å². The van der Waals surface area contributed by atoms with Crippen molar-refractivity contribution in [3.63, 3.8) is 0 Å². The van der Waals surface area contributed by atoms with Crippen molar-refractivity contribution >= 4 is 27.5 Å². The highest BCUT2D eigenvalue weighted by molar-refractivity contribution is 9.10. The van der Waals surface area contributed by atoms with E-state index in [4.69, 9.17) is 11.6 Å². The number of benzene rings is 2. The molecule has 0 saturated heterocycles. The van der Waals surface area contributed by atoms with Crippen LogP contribution in [0.25, 0.3) is 0 Å². The van der Waals surface area contributed by atoms with Gasteiger partial charge in [-0.05, 0) is 23.8 Å². The Balaban J connectivity index is 1.95. The Bertz CT molecular complexity index is 545. The second-order valence-electron chi connectivity index (χ2n) is 3.93. The maximum absolute atomic E-state index is 13.5. The lowest BCUT2D eigenvalue weighted by Gasteiger charge is -2.08. The molecular weight excluding hydrogens is 317 g/mol. The van der Waals surface area contributed by atoms with Crippen LogP contribution in [0.5, 0.6) is 0 Å². The first-order valence-electron chi connectivity index (χ1n) is 5.55. The summed E-state index contributed by atoms with van der Waals surface area (Å²) in [5.74, 6) is -0.276. The minimum absolute atomic E-state index is 0.276. The van der Waals surface area contributed by atoms with Crippen LogP contribution in [-0.4, -0.2) is 0 Å². The monoisotopic (exact) mass is 327 g/mol. The first-order valence-corrected chi connectivity index (χ1v) is 6.72. The first kappa shape index (κ1) is 13.5. The van der Waals surface area contributed by atoms with Gasteiger partial charge < -0.3 is 5.32 Å². The van der Waals surface area contributed by atoms with Crippen molar-refractivity contribution in [2.24, 2.45) is 0 Å². The number of rotatable bonds is 4. The Labute approximate surface area is 119 Å². The van der Waals surface area contributed by atoms with Crippen LogP contribution in [0.15, 0.2) is 46.9 Å². The zero-order valence-corrected chi connectivity index (χ0v) is 11.9. The highest BCUT2D eigenvalue weighted by atomic mass is 79.9. The number of hydrogen-bond donors (Lipinski definition) is 1. The van der Waals surface area contributed by atoms with Gasteiger partial charge in [0, 0.05) is 28.1 Å². The molecule has 0 aliphatic heterocycles. The van der Waals surface area contributed by atoms with Gasteiger partial charge in [-0.15, -0.1) is 0 Å². The molecule has 0 radical (unpaired) electrons. The van der Waals surface area contributed by atoms with Gasteiger partial charge in [0.2, 0.25) is 0 Å². The summed E-state index contributed by atoms with van der Waals surface area (Å²) in [6, 6.07) is 12.7. The van der Waals surface area contributed by atoms with E-state index in [9.17, 15) is 4.39 Å². The summed E-state index contributed by atoms with van der Waals surface area (Å²) in [4.78, 5) is 0. The van der Waals surface area contributed by atoms with E-state index in [0.717, 1.165) is 10.0 Å². The molecule has 0 heterocycles. The van der Waals surface area contributed by atoms with Crippen molar-refractivity contribution in [3.05, 3.63) is 68.9 Å². The van der Waals surface area contributed by atoms with Gasteiger partial charge in [-0.3, -0.25) is 0 Å². The topological polar surface area (TPSA) is 12.0 Å². The van der Waals surface area contributed by atoms with E-state index in [2.05, 4.69) is 21.2 Å². The number of hydrogen-bond acceptors (Lipinski definition) is 1. The molecule has 94 valence electrons. The summed E-state index contributed by atoms with van der Waals surface area (Å²) in [6.07, 6.45) is 0. The van der Waals surface area contributed by atoms with Crippen LogP contribution in [0.4, 0.5) is 4.39 Å². The van der Waals surface area contributed by atoms with E-state index >= 15 is 0 Å². The van der Waals surface area contributed by atoms with Gasteiger partial charge in [0.05, 0.1) is 0 Å². The van der Waals surface area contributed by atoms with Gasteiger partial charge in [0.15, 0.2) is 0 Å². The molecule has 0 amide bonds. The molecule has 0 aliphatic rings.